The number of rotatable bonds is 3. The fourth-order valence-corrected chi connectivity index (χ4v) is 2.38. The van der Waals surface area contributed by atoms with Crippen molar-refractivity contribution in [2.45, 2.75) is 32.7 Å². The molecule has 3 nitrogen and oxygen atoms in total. The Balaban J connectivity index is 2.11. The maximum atomic E-state index is 12.4. The van der Waals surface area contributed by atoms with Crippen LogP contribution in [0.2, 0.25) is 0 Å². The van der Waals surface area contributed by atoms with E-state index in [-0.39, 0.29) is 11.4 Å². The van der Waals surface area contributed by atoms with Crippen LogP contribution in [0.3, 0.4) is 0 Å². The van der Waals surface area contributed by atoms with Gasteiger partial charge in [0.1, 0.15) is 0 Å². The van der Waals surface area contributed by atoms with Crippen LogP contribution in [0.5, 0.6) is 0 Å². The van der Waals surface area contributed by atoms with Gasteiger partial charge in [0.25, 0.3) is 5.91 Å². The van der Waals surface area contributed by atoms with E-state index < -0.39 is 0 Å². The van der Waals surface area contributed by atoms with E-state index in [1.165, 1.54) is 0 Å². The van der Waals surface area contributed by atoms with Gasteiger partial charge in [0.2, 0.25) is 0 Å². The van der Waals surface area contributed by atoms with Gasteiger partial charge in [-0.25, -0.2) is 0 Å². The largest absolute Gasteiger partial charge is 0.335 e. The molecule has 0 aliphatic carbocycles. The minimum atomic E-state index is -0.198. The second kappa shape index (κ2) is 4.73. The van der Waals surface area contributed by atoms with Crippen molar-refractivity contribution in [3.63, 3.8) is 0 Å². The van der Waals surface area contributed by atoms with Crippen LogP contribution in [0.25, 0.3) is 0 Å². The molecule has 2 rings (SSSR count). The molecule has 0 unspecified atom stereocenters. The Kier molecular flexibility index (Phi) is 3.44. The monoisotopic (exact) mass is 246 g/mol. The molecule has 0 saturated carbocycles. The Hall–Kier alpha value is -1.35. The minimum Gasteiger partial charge on any atom is -0.335 e. The molecule has 1 aromatic rings. The predicted octanol–water partition coefficient (Wildman–Crippen LogP) is 2.06. The van der Waals surface area contributed by atoms with Gasteiger partial charge in [-0.1, -0.05) is 39.0 Å². The SMILES string of the molecule is CCc1ccccc1C(=O)N1CC(N)(C(C)C)C1. The van der Waals surface area contributed by atoms with E-state index in [2.05, 4.69) is 20.8 Å². The van der Waals surface area contributed by atoms with E-state index in [0.29, 0.717) is 19.0 Å². The molecule has 0 spiro atoms. The van der Waals surface area contributed by atoms with Gasteiger partial charge < -0.3 is 10.6 Å². The van der Waals surface area contributed by atoms with Gasteiger partial charge >= 0.3 is 0 Å². The third-order valence-corrected chi connectivity index (χ3v) is 4.04. The third kappa shape index (κ3) is 2.15. The molecule has 0 aromatic heterocycles. The maximum absolute atomic E-state index is 12.4. The van der Waals surface area contributed by atoms with Crippen molar-refractivity contribution < 1.29 is 4.79 Å². The van der Waals surface area contributed by atoms with E-state index in [9.17, 15) is 4.79 Å². The first-order chi connectivity index (χ1) is 8.48. The number of carbonyl (C=O) groups excluding carboxylic acids is 1. The number of nitrogens with two attached hydrogens (primary N) is 1. The molecule has 18 heavy (non-hydrogen) atoms. The van der Waals surface area contributed by atoms with E-state index in [0.717, 1.165) is 17.5 Å². The van der Waals surface area contributed by atoms with E-state index >= 15 is 0 Å². The minimum absolute atomic E-state index is 0.120. The van der Waals surface area contributed by atoms with Crippen LogP contribution in [0.4, 0.5) is 0 Å². The third-order valence-electron chi connectivity index (χ3n) is 4.04. The molecule has 1 fully saturated rings. The van der Waals surface area contributed by atoms with Crippen molar-refractivity contribution in [3.05, 3.63) is 35.4 Å². The first kappa shape index (κ1) is 13.1. The van der Waals surface area contributed by atoms with Gasteiger partial charge in [0.05, 0.1) is 5.54 Å². The molecular formula is C15H22N2O. The summed E-state index contributed by atoms with van der Waals surface area (Å²) in [7, 11) is 0. The molecule has 0 bridgehead atoms. The number of hydrogen-bond donors (Lipinski definition) is 1. The zero-order valence-electron chi connectivity index (χ0n) is 11.4. The molecule has 1 aliphatic rings. The number of nitrogens with zero attached hydrogens (tertiary/aromatic N) is 1. The summed E-state index contributed by atoms with van der Waals surface area (Å²) in [5.41, 5.74) is 7.97. The van der Waals surface area contributed by atoms with Crippen LogP contribution in [0, 0.1) is 5.92 Å². The smallest absolute Gasteiger partial charge is 0.254 e. The molecular weight excluding hydrogens is 224 g/mol. The van der Waals surface area contributed by atoms with E-state index in [1.807, 2.05) is 29.2 Å². The van der Waals surface area contributed by atoms with E-state index in [4.69, 9.17) is 5.73 Å². The average molecular weight is 246 g/mol. The zero-order valence-corrected chi connectivity index (χ0v) is 11.4. The fraction of sp³-hybridized carbons (Fsp3) is 0.533. The van der Waals surface area contributed by atoms with Crippen LogP contribution in [0.1, 0.15) is 36.7 Å². The van der Waals surface area contributed by atoms with Gasteiger partial charge in [0, 0.05) is 18.7 Å². The van der Waals surface area contributed by atoms with Gasteiger partial charge in [-0.2, -0.15) is 0 Å². The highest BCUT2D eigenvalue weighted by Gasteiger charge is 2.44. The molecule has 1 amide bonds. The number of likely N-dealkylation sites (tertiary alicyclic amines) is 1. The number of amides is 1. The highest BCUT2D eigenvalue weighted by molar-refractivity contribution is 5.96. The van der Waals surface area contributed by atoms with Gasteiger partial charge in [0.15, 0.2) is 0 Å². The van der Waals surface area contributed by atoms with Crippen molar-refractivity contribution in [3.8, 4) is 0 Å². The van der Waals surface area contributed by atoms with Crippen LogP contribution in [-0.4, -0.2) is 29.4 Å². The molecule has 1 saturated heterocycles. The van der Waals surface area contributed by atoms with Gasteiger partial charge in [-0.15, -0.1) is 0 Å². The first-order valence-electron chi connectivity index (χ1n) is 6.64. The molecule has 0 radical (unpaired) electrons. The van der Waals surface area contributed by atoms with Crippen molar-refractivity contribution in [2.75, 3.05) is 13.1 Å². The molecule has 98 valence electrons. The Bertz CT molecular complexity index is 448. The lowest BCUT2D eigenvalue weighted by Crippen LogP contribution is -2.71. The first-order valence-corrected chi connectivity index (χ1v) is 6.64. The molecule has 1 aromatic carbocycles. The number of aryl methyl sites for hydroxylation is 1. The topological polar surface area (TPSA) is 46.3 Å². The van der Waals surface area contributed by atoms with Crippen molar-refractivity contribution >= 4 is 5.91 Å². The summed E-state index contributed by atoms with van der Waals surface area (Å²) >= 11 is 0. The van der Waals surface area contributed by atoms with E-state index in [1.54, 1.807) is 0 Å². The summed E-state index contributed by atoms with van der Waals surface area (Å²) in [6.07, 6.45) is 0.883. The molecule has 1 heterocycles. The Labute approximate surface area is 109 Å². The van der Waals surface area contributed by atoms with Gasteiger partial charge in [-0.05, 0) is 24.0 Å². The van der Waals surface area contributed by atoms with Crippen molar-refractivity contribution in [1.29, 1.82) is 0 Å². The molecule has 3 heteroatoms. The summed E-state index contributed by atoms with van der Waals surface area (Å²) in [6, 6.07) is 7.83. The highest BCUT2D eigenvalue weighted by atomic mass is 16.2. The average Bonchev–Trinajstić information content (AvgIpc) is 2.33. The Morgan fingerprint density at radius 1 is 1.39 bits per heavy atom. The summed E-state index contributed by atoms with van der Waals surface area (Å²) < 4.78 is 0. The Morgan fingerprint density at radius 2 is 2.00 bits per heavy atom. The van der Waals surface area contributed by atoms with Crippen LogP contribution >= 0.6 is 0 Å². The lowest BCUT2D eigenvalue weighted by molar-refractivity contribution is 0.0274. The lowest BCUT2D eigenvalue weighted by atomic mass is 9.80. The van der Waals surface area contributed by atoms with Crippen LogP contribution < -0.4 is 5.73 Å². The van der Waals surface area contributed by atoms with Crippen LogP contribution in [0.15, 0.2) is 24.3 Å². The normalized spacial score (nSPS) is 17.7. The van der Waals surface area contributed by atoms with Crippen LogP contribution in [-0.2, 0) is 6.42 Å². The molecule has 1 aliphatic heterocycles. The fourth-order valence-electron chi connectivity index (χ4n) is 2.38. The summed E-state index contributed by atoms with van der Waals surface area (Å²) in [5.74, 6) is 0.525. The molecule has 0 atom stereocenters. The molecule has 2 N–H and O–H groups in total. The Morgan fingerprint density at radius 3 is 2.56 bits per heavy atom. The standard InChI is InChI=1S/C15H22N2O/c1-4-12-7-5-6-8-13(12)14(18)17-9-15(16,10-17)11(2)3/h5-8,11H,4,9-10,16H2,1-3H3. The predicted molar refractivity (Wildman–Crippen MR) is 73.5 cm³/mol. The second-order valence-corrected chi connectivity index (χ2v) is 5.56. The summed E-state index contributed by atoms with van der Waals surface area (Å²) in [4.78, 5) is 14.2. The van der Waals surface area contributed by atoms with Crippen molar-refractivity contribution in [2.24, 2.45) is 11.7 Å². The maximum Gasteiger partial charge on any atom is 0.254 e. The van der Waals surface area contributed by atoms with Crippen molar-refractivity contribution in [1.82, 2.24) is 4.90 Å². The lowest BCUT2D eigenvalue weighted by Gasteiger charge is -2.50. The highest BCUT2D eigenvalue weighted by Crippen LogP contribution is 2.28. The zero-order chi connectivity index (χ0) is 13.3. The number of carbonyl (C=O) groups is 1. The summed E-state index contributed by atoms with van der Waals surface area (Å²) in [6.45, 7) is 7.64. The summed E-state index contributed by atoms with van der Waals surface area (Å²) in [5, 5.41) is 0. The number of benzene rings is 1. The second-order valence-electron chi connectivity index (χ2n) is 5.56. The quantitative estimate of drug-likeness (QED) is 0.887. The number of hydrogen-bond acceptors (Lipinski definition) is 2. The van der Waals surface area contributed by atoms with Gasteiger partial charge in [-0.3, -0.25) is 4.79 Å².